The van der Waals surface area contributed by atoms with Crippen LogP contribution in [0.4, 0.5) is 5.69 Å². The first-order valence-corrected chi connectivity index (χ1v) is 13.0. The van der Waals surface area contributed by atoms with E-state index in [0.29, 0.717) is 17.7 Å². The van der Waals surface area contributed by atoms with E-state index in [-0.39, 0.29) is 29.6 Å². The number of benzene rings is 2. The van der Waals surface area contributed by atoms with Crippen molar-refractivity contribution >= 4 is 35.2 Å². The summed E-state index contributed by atoms with van der Waals surface area (Å²) in [4.78, 5) is 50.7. The number of carbonyl (C=O) groups excluding carboxylic acids is 3. The lowest BCUT2D eigenvalue weighted by Crippen LogP contribution is -2.46. The Morgan fingerprint density at radius 3 is 2.49 bits per heavy atom. The van der Waals surface area contributed by atoms with Crippen LogP contribution in [0.3, 0.4) is 0 Å². The molecule has 35 heavy (non-hydrogen) atoms. The van der Waals surface area contributed by atoms with Crippen molar-refractivity contribution < 1.29 is 19.3 Å². The van der Waals surface area contributed by atoms with Gasteiger partial charge in [-0.25, -0.2) is 0 Å². The van der Waals surface area contributed by atoms with Crippen LogP contribution in [0.25, 0.3) is 0 Å². The molecule has 2 aromatic carbocycles. The number of carbonyl (C=O) groups is 3. The quantitative estimate of drug-likeness (QED) is 0.383. The van der Waals surface area contributed by atoms with Crippen LogP contribution in [-0.2, 0) is 11.3 Å². The van der Waals surface area contributed by atoms with Gasteiger partial charge in [0.05, 0.1) is 4.92 Å². The maximum atomic E-state index is 12.9. The smallest absolute Gasteiger partial charge is 0.270 e. The van der Waals surface area contributed by atoms with Crippen LogP contribution in [-0.4, -0.2) is 58.7 Å². The van der Waals surface area contributed by atoms with Crippen LogP contribution in [0.1, 0.15) is 52.0 Å². The minimum Gasteiger partial charge on any atom is -0.350 e. The van der Waals surface area contributed by atoms with E-state index in [0.717, 1.165) is 37.9 Å². The molecule has 0 saturated carbocycles. The Bertz CT molecular complexity index is 1070. The molecule has 0 bridgehead atoms. The lowest BCUT2D eigenvalue weighted by Gasteiger charge is -2.26. The molecule has 3 amide bonds. The fourth-order valence-corrected chi connectivity index (χ4v) is 4.38. The molecule has 1 heterocycles. The van der Waals surface area contributed by atoms with Crippen molar-refractivity contribution in [2.45, 2.75) is 38.3 Å². The van der Waals surface area contributed by atoms with Gasteiger partial charge in [-0.3, -0.25) is 24.5 Å². The molecule has 0 aromatic heterocycles. The maximum Gasteiger partial charge on any atom is 0.270 e. The fraction of sp³-hybridized carbons (Fsp3) is 0.400. The summed E-state index contributed by atoms with van der Waals surface area (Å²) in [5, 5.41) is 16.5. The molecule has 1 aliphatic heterocycles. The van der Waals surface area contributed by atoms with E-state index < -0.39 is 16.9 Å². The molecule has 1 saturated heterocycles. The molecule has 9 nitrogen and oxygen atoms in total. The van der Waals surface area contributed by atoms with Gasteiger partial charge in [-0.2, -0.15) is 11.8 Å². The summed E-state index contributed by atoms with van der Waals surface area (Å²) in [6.07, 6.45) is 5.48. The highest BCUT2D eigenvalue weighted by molar-refractivity contribution is 7.98. The Balaban J connectivity index is 1.63. The van der Waals surface area contributed by atoms with Crippen molar-refractivity contribution in [2.75, 3.05) is 25.1 Å². The SMILES string of the molecule is CSCCC(NC(=O)c1cccc([N+](=O)[O-])c1)C(=O)NCc1cccc(C(=O)N2CCCCC2)c1. The van der Waals surface area contributed by atoms with Gasteiger partial charge in [-0.15, -0.1) is 0 Å². The maximum absolute atomic E-state index is 12.9. The third-order valence-electron chi connectivity index (χ3n) is 5.84. The number of amides is 3. The number of thioether (sulfide) groups is 1. The second-order valence-electron chi connectivity index (χ2n) is 8.39. The highest BCUT2D eigenvalue weighted by Crippen LogP contribution is 2.15. The second kappa shape index (κ2) is 12.9. The first kappa shape index (κ1) is 26.2. The van der Waals surface area contributed by atoms with Crippen LogP contribution in [0.15, 0.2) is 48.5 Å². The Hall–Kier alpha value is -3.40. The third kappa shape index (κ3) is 7.54. The third-order valence-corrected chi connectivity index (χ3v) is 6.48. The molecule has 1 atom stereocenters. The van der Waals surface area contributed by atoms with Crippen molar-refractivity contribution in [3.8, 4) is 0 Å². The Kier molecular flexibility index (Phi) is 9.66. The molecule has 1 aliphatic rings. The molecule has 2 aromatic rings. The number of rotatable bonds is 10. The van der Waals surface area contributed by atoms with Crippen LogP contribution in [0, 0.1) is 10.1 Å². The van der Waals surface area contributed by atoms with Gasteiger partial charge in [0.1, 0.15) is 6.04 Å². The average Bonchev–Trinajstić information content (AvgIpc) is 2.89. The Morgan fingerprint density at radius 2 is 1.77 bits per heavy atom. The fourth-order valence-electron chi connectivity index (χ4n) is 3.91. The van der Waals surface area contributed by atoms with Crippen molar-refractivity contribution in [3.05, 3.63) is 75.3 Å². The standard InChI is InChI=1S/C25H30N4O5S/c1-35-14-11-22(27-23(30)19-8-6-10-21(16-19)29(33)34)24(31)26-17-18-7-5-9-20(15-18)25(32)28-12-3-2-4-13-28/h5-10,15-16,22H,2-4,11-14,17H2,1H3,(H,26,31)(H,27,30). The summed E-state index contributed by atoms with van der Waals surface area (Å²) in [5.74, 6) is -0.262. The monoisotopic (exact) mass is 498 g/mol. The zero-order valence-corrected chi connectivity index (χ0v) is 20.5. The Labute approximate surface area is 208 Å². The number of piperidine rings is 1. The number of nitro groups is 1. The number of likely N-dealkylation sites (tertiary alicyclic amines) is 1. The van der Waals surface area contributed by atoms with Gasteiger partial charge >= 0.3 is 0 Å². The highest BCUT2D eigenvalue weighted by atomic mass is 32.2. The minimum absolute atomic E-state index is 0.0000541. The summed E-state index contributed by atoms with van der Waals surface area (Å²) >= 11 is 1.55. The van der Waals surface area contributed by atoms with E-state index in [1.54, 1.807) is 30.0 Å². The molecule has 2 N–H and O–H groups in total. The number of nitro benzene ring substituents is 1. The number of non-ortho nitro benzene ring substituents is 1. The van der Waals surface area contributed by atoms with Crippen molar-refractivity contribution in [1.82, 2.24) is 15.5 Å². The van der Waals surface area contributed by atoms with Crippen LogP contribution >= 0.6 is 11.8 Å². The van der Waals surface area contributed by atoms with E-state index in [4.69, 9.17) is 0 Å². The van der Waals surface area contributed by atoms with Gasteiger partial charge in [-0.1, -0.05) is 18.2 Å². The summed E-state index contributed by atoms with van der Waals surface area (Å²) in [5.41, 5.74) is 1.30. The molecule has 1 fully saturated rings. The molecule has 0 aliphatic carbocycles. The number of nitrogens with zero attached hydrogens (tertiary/aromatic N) is 2. The van der Waals surface area contributed by atoms with Crippen molar-refractivity contribution in [1.29, 1.82) is 0 Å². The molecule has 0 radical (unpaired) electrons. The summed E-state index contributed by atoms with van der Waals surface area (Å²) in [7, 11) is 0. The van der Waals surface area contributed by atoms with Gasteiger partial charge in [0.25, 0.3) is 17.5 Å². The van der Waals surface area contributed by atoms with Crippen LogP contribution in [0.2, 0.25) is 0 Å². The number of hydrogen-bond donors (Lipinski definition) is 2. The van der Waals surface area contributed by atoms with Crippen molar-refractivity contribution in [2.24, 2.45) is 0 Å². The topological polar surface area (TPSA) is 122 Å². The van der Waals surface area contributed by atoms with Crippen molar-refractivity contribution in [3.63, 3.8) is 0 Å². The number of hydrogen-bond acceptors (Lipinski definition) is 6. The Morgan fingerprint density at radius 1 is 1.06 bits per heavy atom. The number of nitrogens with one attached hydrogen (secondary N) is 2. The minimum atomic E-state index is -0.799. The lowest BCUT2D eigenvalue weighted by molar-refractivity contribution is -0.384. The largest absolute Gasteiger partial charge is 0.350 e. The zero-order valence-electron chi connectivity index (χ0n) is 19.7. The first-order chi connectivity index (χ1) is 16.9. The first-order valence-electron chi connectivity index (χ1n) is 11.6. The summed E-state index contributed by atoms with van der Waals surface area (Å²) in [6.45, 7) is 1.74. The van der Waals surface area contributed by atoms with E-state index in [9.17, 15) is 24.5 Å². The average molecular weight is 499 g/mol. The van der Waals surface area contributed by atoms with Gasteiger partial charge < -0.3 is 15.5 Å². The zero-order chi connectivity index (χ0) is 25.2. The highest BCUT2D eigenvalue weighted by Gasteiger charge is 2.22. The molecule has 186 valence electrons. The molecule has 10 heteroatoms. The van der Waals surface area contributed by atoms with Crippen LogP contribution in [0.5, 0.6) is 0 Å². The molecule has 1 unspecified atom stereocenters. The predicted molar refractivity (Wildman–Crippen MR) is 135 cm³/mol. The molecule has 3 rings (SSSR count). The molecular weight excluding hydrogens is 468 g/mol. The summed E-state index contributed by atoms with van der Waals surface area (Å²) < 4.78 is 0. The van der Waals surface area contributed by atoms with Gasteiger partial charge in [0.15, 0.2) is 0 Å². The predicted octanol–water partition coefficient (Wildman–Crippen LogP) is 3.39. The normalized spacial score (nSPS) is 14.1. The van der Waals surface area contributed by atoms with Gasteiger partial charge in [0, 0.05) is 42.9 Å². The lowest BCUT2D eigenvalue weighted by atomic mass is 10.1. The molecule has 0 spiro atoms. The molecular formula is C25H30N4O5S. The van der Waals surface area contributed by atoms with Gasteiger partial charge in [-0.05, 0) is 61.5 Å². The second-order valence-corrected chi connectivity index (χ2v) is 9.37. The summed E-state index contributed by atoms with van der Waals surface area (Å²) in [6, 6.07) is 11.8. The van der Waals surface area contributed by atoms with E-state index in [2.05, 4.69) is 10.6 Å². The van der Waals surface area contributed by atoms with Crippen LogP contribution < -0.4 is 10.6 Å². The van der Waals surface area contributed by atoms with Gasteiger partial charge in [0.2, 0.25) is 5.91 Å². The van der Waals surface area contributed by atoms with E-state index in [1.807, 2.05) is 17.2 Å². The van der Waals surface area contributed by atoms with E-state index >= 15 is 0 Å². The van der Waals surface area contributed by atoms with E-state index in [1.165, 1.54) is 24.3 Å².